The molecule has 5 heteroatoms. The molecule has 1 aromatic rings. The SMILES string of the molecule is CCCCCCCCc1cccc2c1S(=O)(=O)NC2=O. The van der Waals surface area contributed by atoms with E-state index >= 15 is 0 Å². The lowest BCUT2D eigenvalue weighted by Gasteiger charge is -2.06. The van der Waals surface area contributed by atoms with Gasteiger partial charge in [0.25, 0.3) is 15.9 Å². The molecule has 0 saturated carbocycles. The summed E-state index contributed by atoms with van der Waals surface area (Å²) in [6.45, 7) is 2.18. The van der Waals surface area contributed by atoms with Crippen LogP contribution in [0.15, 0.2) is 23.1 Å². The van der Waals surface area contributed by atoms with Crippen molar-refractivity contribution in [1.29, 1.82) is 0 Å². The van der Waals surface area contributed by atoms with Gasteiger partial charge in [-0.2, -0.15) is 0 Å². The van der Waals surface area contributed by atoms with Crippen molar-refractivity contribution in [2.24, 2.45) is 0 Å². The van der Waals surface area contributed by atoms with E-state index in [1.54, 1.807) is 12.1 Å². The van der Waals surface area contributed by atoms with E-state index in [9.17, 15) is 13.2 Å². The summed E-state index contributed by atoms with van der Waals surface area (Å²) in [6, 6.07) is 5.13. The van der Waals surface area contributed by atoms with Gasteiger partial charge in [-0.15, -0.1) is 0 Å². The number of aryl methyl sites for hydroxylation is 1. The highest BCUT2D eigenvalue weighted by Gasteiger charge is 2.34. The Morgan fingerprint density at radius 1 is 1.05 bits per heavy atom. The number of carbonyl (C=O) groups is 1. The van der Waals surface area contributed by atoms with Crippen molar-refractivity contribution in [3.05, 3.63) is 29.3 Å². The Morgan fingerprint density at radius 2 is 1.75 bits per heavy atom. The van der Waals surface area contributed by atoms with Crippen molar-refractivity contribution in [3.63, 3.8) is 0 Å². The van der Waals surface area contributed by atoms with Crippen molar-refractivity contribution in [2.45, 2.75) is 56.8 Å². The summed E-state index contributed by atoms with van der Waals surface area (Å²) >= 11 is 0. The van der Waals surface area contributed by atoms with Crippen LogP contribution in [0.5, 0.6) is 0 Å². The second-order valence-electron chi connectivity index (χ2n) is 5.25. The van der Waals surface area contributed by atoms with Crippen LogP contribution >= 0.6 is 0 Å². The number of hydrogen-bond acceptors (Lipinski definition) is 3. The fourth-order valence-corrected chi connectivity index (χ4v) is 4.02. The van der Waals surface area contributed by atoms with E-state index in [-0.39, 0.29) is 10.5 Å². The second-order valence-corrected chi connectivity index (χ2v) is 6.87. The lowest BCUT2D eigenvalue weighted by Crippen LogP contribution is -2.21. The van der Waals surface area contributed by atoms with Crippen LogP contribution in [-0.2, 0) is 16.4 Å². The van der Waals surface area contributed by atoms with Gasteiger partial charge in [-0.1, -0.05) is 51.2 Å². The van der Waals surface area contributed by atoms with Crippen LogP contribution in [0.3, 0.4) is 0 Å². The van der Waals surface area contributed by atoms with Gasteiger partial charge in [-0.3, -0.25) is 4.79 Å². The van der Waals surface area contributed by atoms with E-state index in [0.29, 0.717) is 6.42 Å². The number of fused-ring (bicyclic) bond motifs is 1. The third-order valence-corrected chi connectivity index (χ3v) is 5.11. The Bertz CT molecular complexity index is 593. The molecule has 0 radical (unpaired) electrons. The first-order valence-corrected chi connectivity index (χ1v) is 8.73. The van der Waals surface area contributed by atoms with Crippen LogP contribution in [0.2, 0.25) is 0 Å². The number of sulfonamides is 1. The number of benzene rings is 1. The van der Waals surface area contributed by atoms with E-state index in [0.717, 1.165) is 18.4 Å². The molecule has 1 heterocycles. The number of carbonyl (C=O) groups excluding carboxylic acids is 1. The van der Waals surface area contributed by atoms with Crippen molar-refractivity contribution < 1.29 is 13.2 Å². The second kappa shape index (κ2) is 6.39. The molecular formula is C15H21NO3S. The maximum absolute atomic E-state index is 11.9. The average molecular weight is 295 g/mol. The first kappa shape index (κ1) is 15.0. The van der Waals surface area contributed by atoms with Gasteiger partial charge in [0, 0.05) is 0 Å². The molecule has 0 fully saturated rings. The molecule has 0 aromatic heterocycles. The van der Waals surface area contributed by atoms with Crippen LogP contribution in [0.4, 0.5) is 0 Å². The summed E-state index contributed by atoms with van der Waals surface area (Å²) in [6.07, 6.45) is 7.68. The number of amides is 1. The van der Waals surface area contributed by atoms with E-state index < -0.39 is 15.9 Å². The maximum atomic E-state index is 11.9. The average Bonchev–Trinajstić information content (AvgIpc) is 2.65. The topological polar surface area (TPSA) is 63.2 Å². The molecule has 1 amide bonds. The van der Waals surface area contributed by atoms with Gasteiger partial charge in [0.1, 0.15) is 4.90 Å². The minimum atomic E-state index is -3.64. The Kier molecular flexibility index (Phi) is 4.81. The molecule has 20 heavy (non-hydrogen) atoms. The molecule has 0 spiro atoms. The normalized spacial score (nSPS) is 15.9. The van der Waals surface area contributed by atoms with Gasteiger partial charge in [-0.05, 0) is 24.5 Å². The fraction of sp³-hybridized carbons (Fsp3) is 0.533. The molecule has 110 valence electrons. The standard InChI is InChI=1S/C15H21NO3S/c1-2-3-4-5-6-7-9-12-10-8-11-13-14(12)20(18,19)16-15(13)17/h8,10-11H,2-7,9H2,1H3,(H,16,17). The van der Waals surface area contributed by atoms with E-state index in [2.05, 4.69) is 11.6 Å². The first-order chi connectivity index (χ1) is 9.56. The van der Waals surface area contributed by atoms with Crippen LogP contribution in [0.25, 0.3) is 0 Å². The van der Waals surface area contributed by atoms with E-state index in [1.165, 1.54) is 25.7 Å². The lowest BCUT2D eigenvalue weighted by molar-refractivity contribution is 0.0985. The molecule has 0 aliphatic carbocycles. The third kappa shape index (κ3) is 3.20. The van der Waals surface area contributed by atoms with Crippen molar-refractivity contribution >= 4 is 15.9 Å². The highest BCUT2D eigenvalue weighted by Crippen LogP contribution is 2.27. The Morgan fingerprint density at radius 3 is 2.50 bits per heavy atom. The summed E-state index contributed by atoms with van der Waals surface area (Å²) in [5.41, 5.74) is 1.05. The summed E-state index contributed by atoms with van der Waals surface area (Å²) < 4.78 is 25.9. The molecule has 1 aromatic carbocycles. The summed E-state index contributed by atoms with van der Waals surface area (Å²) in [5, 5.41) is 0. The predicted octanol–water partition coefficient (Wildman–Crippen LogP) is 3.02. The third-order valence-electron chi connectivity index (χ3n) is 3.64. The highest BCUT2D eigenvalue weighted by atomic mass is 32.2. The number of hydrogen-bond donors (Lipinski definition) is 1. The molecule has 0 saturated heterocycles. The molecule has 1 aliphatic rings. The van der Waals surface area contributed by atoms with Crippen LogP contribution in [-0.4, -0.2) is 14.3 Å². The zero-order chi connectivity index (χ0) is 14.6. The molecule has 1 aliphatic heterocycles. The molecule has 0 atom stereocenters. The van der Waals surface area contributed by atoms with E-state index in [4.69, 9.17) is 0 Å². The molecule has 4 nitrogen and oxygen atoms in total. The first-order valence-electron chi connectivity index (χ1n) is 7.25. The Labute approximate surface area is 120 Å². The predicted molar refractivity (Wildman–Crippen MR) is 78.2 cm³/mol. The van der Waals surface area contributed by atoms with Gasteiger partial charge < -0.3 is 0 Å². The van der Waals surface area contributed by atoms with Crippen molar-refractivity contribution in [1.82, 2.24) is 4.72 Å². The molecule has 2 rings (SSSR count). The minimum absolute atomic E-state index is 0.193. The largest absolute Gasteiger partial charge is 0.268 e. The molecular weight excluding hydrogens is 274 g/mol. The van der Waals surface area contributed by atoms with Gasteiger partial charge >= 0.3 is 0 Å². The maximum Gasteiger partial charge on any atom is 0.266 e. The smallest absolute Gasteiger partial charge is 0.266 e. The minimum Gasteiger partial charge on any atom is -0.268 e. The zero-order valence-electron chi connectivity index (χ0n) is 11.8. The fourth-order valence-electron chi connectivity index (χ4n) is 2.60. The zero-order valence-corrected chi connectivity index (χ0v) is 12.6. The lowest BCUT2D eigenvalue weighted by atomic mass is 10.0. The summed E-state index contributed by atoms with van der Waals surface area (Å²) in [5.74, 6) is -0.509. The van der Waals surface area contributed by atoms with Gasteiger partial charge in [0.15, 0.2) is 0 Å². The van der Waals surface area contributed by atoms with Crippen molar-refractivity contribution in [3.8, 4) is 0 Å². The van der Waals surface area contributed by atoms with Crippen LogP contribution in [0.1, 0.15) is 61.4 Å². The Hall–Kier alpha value is -1.36. The summed E-state index contributed by atoms with van der Waals surface area (Å²) in [7, 11) is -3.64. The monoisotopic (exact) mass is 295 g/mol. The summed E-state index contributed by atoms with van der Waals surface area (Å²) in [4.78, 5) is 11.8. The van der Waals surface area contributed by atoms with Crippen molar-refractivity contribution in [2.75, 3.05) is 0 Å². The quantitative estimate of drug-likeness (QED) is 0.786. The van der Waals surface area contributed by atoms with Crippen LogP contribution in [0, 0.1) is 0 Å². The molecule has 0 unspecified atom stereocenters. The number of unbranched alkanes of at least 4 members (excludes halogenated alkanes) is 5. The number of nitrogens with one attached hydrogen (secondary N) is 1. The van der Waals surface area contributed by atoms with Crippen LogP contribution < -0.4 is 4.72 Å². The van der Waals surface area contributed by atoms with E-state index in [1.807, 2.05) is 6.07 Å². The molecule has 0 bridgehead atoms. The Balaban J connectivity index is 2.02. The van der Waals surface area contributed by atoms with Gasteiger partial charge in [0.05, 0.1) is 5.56 Å². The highest BCUT2D eigenvalue weighted by molar-refractivity contribution is 7.90. The van der Waals surface area contributed by atoms with Gasteiger partial charge in [-0.25, -0.2) is 13.1 Å². The molecule has 1 N–H and O–H groups in total. The number of rotatable bonds is 7. The van der Waals surface area contributed by atoms with Gasteiger partial charge in [0.2, 0.25) is 0 Å².